The molecular formula is C24H34Cl2N2O4. The largest absolute Gasteiger partial charge is 0.454 e. The van der Waals surface area contributed by atoms with Crippen LogP contribution in [0.2, 0.25) is 0 Å². The molecule has 0 radical (unpaired) electrons. The normalized spacial score (nSPS) is 12.9. The summed E-state index contributed by atoms with van der Waals surface area (Å²) in [5.41, 5.74) is 2.49. The molecule has 4 rings (SSSR count). The van der Waals surface area contributed by atoms with E-state index in [0.29, 0.717) is 13.6 Å². The van der Waals surface area contributed by atoms with Crippen LogP contribution in [0.3, 0.4) is 0 Å². The van der Waals surface area contributed by atoms with E-state index < -0.39 is 0 Å². The molecule has 0 fully saturated rings. The van der Waals surface area contributed by atoms with Crippen LogP contribution in [0, 0.1) is 0 Å². The van der Waals surface area contributed by atoms with Crippen LogP contribution in [-0.4, -0.2) is 26.7 Å². The number of unbranched alkanes of at least 4 members (excludes halogenated alkanes) is 5. The first-order valence-electron chi connectivity index (χ1n) is 11.1. The van der Waals surface area contributed by atoms with E-state index in [1.54, 1.807) is 0 Å². The van der Waals surface area contributed by atoms with Crippen LogP contribution >= 0.6 is 24.8 Å². The highest BCUT2D eigenvalue weighted by Gasteiger charge is 2.13. The Balaban J connectivity index is 0.00000181. The van der Waals surface area contributed by atoms with Crippen molar-refractivity contribution in [2.45, 2.75) is 51.6 Å². The minimum Gasteiger partial charge on any atom is -0.454 e. The van der Waals surface area contributed by atoms with Crippen LogP contribution in [0.1, 0.15) is 49.7 Å². The summed E-state index contributed by atoms with van der Waals surface area (Å²) in [5.74, 6) is 3.42. The van der Waals surface area contributed by atoms with Crippen molar-refractivity contribution in [2.75, 3.05) is 26.7 Å². The second-order valence-corrected chi connectivity index (χ2v) is 7.85. The molecular weight excluding hydrogens is 451 g/mol. The Morgan fingerprint density at radius 2 is 0.938 bits per heavy atom. The number of benzene rings is 2. The van der Waals surface area contributed by atoms with E-state index in [0.717, 1.165) is 49.2 Å². The van der Waals surface area contributed by atoms with Crippen LogP contribution in [-0.2, 0) is 13.1 Å². The molecule has 0 spiro atoms. The first kappa shape index (κ1) is 26.4. The van der Waals surface area contributed by atoms with Gasteiger partial charge in [-0.2, -0.15) is 0 Å². The number of fused-ring (bicyclic) bond motifs is 2. The van der Waals surface area contributed by atoms with Crippen LogP contribution in [0.5, 0.6) is 23.0 Å². The van der Waals surface area contributed by atoms with E-state index >= 15 is 0 Å². The van der Waals surface area contributed by atoms with Gasteiger partial charge in [-0.25, -0.2) is 0 Å². The van der Waals surface area contributed by atoms with Gasteiger partial charge in [0.2, 0.25) is 13.6 Å². The highest BCUT2D eigenvalue weighted by atomic mass is 35.5. The Morgan fingerprint density at radius 1 is 0.531 bits per heavy atom. The number of hydrogen-bond acceptors (Lipinski definition) is 6. The summed E-state index contributed by atoms with van der Waals surface area (Å²) in [5, 5.41) is 7.04. The lowest BCUT2D eigenvalue weighted by molar-refractivity contribution is 0.173. The summed E-state index contributed by atoms with van der Waals surface area (Å²) < 4.78 is 21.5. The minimum absolute atomic E-state index is 0. The molecule has 0 unspecified atom stereocenters. The Morgan fingerprint density at radius 3 is 1.41 bits per heavy atom. The van der Waals surface area contributed by atoms with Gasteiger partial charge in [0.25, 0.3) is 0 Å². The van der Waals surface area contributed by atoms with E-state index in [9.17, 15) is 0 Å². The Bertz CT molecular complexity index is 755. The van der Waals surface area contributed by atoms with Gasteiger partial charge in [-0.3, -0.25) is 0 Å². The SMILES string of the molecule is Cl.Cl.c1cc2c(cc1CNCCCCCCCCNCc1ccc3c(c1)OCO3)OCO2. The van der Waals surface area contributed by atoms with Gasteiger partial charge in [0, 0.05) is 13.1 Å². The first-order valence-corrected chi connectivity index (χ1v) is 11.1. The molecule has 8 heteroatoms. The van der Waals surface area contributed by atoms with Gasteiger partial charge in [0.05, 0.1) is 0 Å². The summed E-state index contributed by atoms with van der Waals surface area (Å²) in [4.78, 5) is 0. The molecule has 6 nitrogen and oxygen atoms in total. The van der Waals surface area contributed by atoms with Gasteiger partial charge >= 0.3 is 0 Å². The summed E-state index contributed by atoms with van der Waals surface area (Å²) in [7, 11) is 0. The van der Waals surface area contributed by atoms with Crippen molar-refractivity contribution >= 4 is 24.8 Å². The molecule has 2 heterocycles. The molecule has 0 bridgehead atoms. The molecule has 0 amide bonds. The second-order valence-electron chi connectivity index (χ2n) is 7.85. The second kappa shape index (κ2) is 14.3. The predicted molar refractivity (Wildman–Crippen MR) is 131 cm³/mol. The van der Waals surface area contributed by atoms with Crippen molar-refractivity contribution in [1.82, 2.24) is 10.6 Å². The van der Waals surface area contributed by atoms with E-state index in [1.165, 1.54) is 49.7 Å². The summed E-state index contributed by atoms with van der Waals surface area (Å²) in [6.45, 7) is 4.55. The van der Waals surface area contributed by atoms with Crippen LogP contribution in [0.15, 0.2) is 36.4 Å². The van der Waals surface area contributed by atoms with Crippen molar-refractivity contribution in [3.63, 3.8) is 0 Å². The van der Waals surface area contributed by atoms with Crippen molar-refractivity contribution < 1.29 is 18.9 Å². The molecule has 0 aliphatic carbocycles. The minimum atomic E-state index is 0. The van der Waals surface area contributed by atoms with Crippen LogP contribution in [0.25, 0.3) is 0 Å². The number of hydrogen-bond donors (Lipinski definition) is 2. The van der Waals surface area contributed by atoms with Crippen LogP contribution in [0.4, 0.5) is 0 Å². The molecule has 2 aliphatic heterocycles. The lowest BCUT2D eigenvalue weighted by atomic mass is 10.1. The molecule has 0 saturated heterocycles. The van der Waals surface area contributed by atoms with Gasteiger partial charge in [-0.15, -0.1) is 24.8 Å². The fraction of sp³-hybridized carbons (Fsp3) is 0.500. The van der Waals surface area contributed by atoms with E-state index in [1.807, 2.05) is 12.1 Å². The van der Waals surface area contributed by atoms with Gasteiger partial charge in [0.15, 0.2) is 23.0 Å². The van der Waals surface area contributed by atoms with E-state index in [-0.39, 0.29) is 24.8 Å². The fourth-order valence-electron chi connectivity index (χ4n) is 3.77. The standard InChI is InChI=1S/C24H32N2O4.2ClH/c1(3-5-11-25-15-19-7-9-21-23(13-19)29-17-27-21)2-4-6-12-26-16-20-8-10-22-24(14-20)30-18-28-22;;/h7-10,13-14,25-26H,1-6,11-12,15-18H2;2*1H. The zero-order chi connectivity index (χ0) is 20.4. The molecule has 2 aromatic rings. The number of nitrogens with one attached hydrogen (secondary N) is 2. The molecule has 0 aromatic heterocycles. The molecule has 2 aromatic carbocycles. The topological polar surface area (TPSA) is 61.0 Å². The highest BCUT2D eigenvalue weighted by molar-refractivity contribution is 5.85. The maximum absolute atomic E-state index is 5.42. The fourth-order valence-corrected chi connectivity index (χ4v) is 3.77. The molecule has 2 N–H and O–H groups in total. The van der Waals surface area contributed by atoms with Crippen molar-refractivity contribution in [3.05, 3.63) is 47.5 Å². The molecule has 0 atom stereocenters. The molecule has 32 heavy (non-hydrogen) atoms. The number of rotatable bonds is 13. The van der Waals surface area contributed by atoms with Gasteiger partial charge < -0.3 is 29.6 Å². The van der Waals surface area contributed by atoms with Crippen molar-refractivity contribution in [2.24, 2.45) is 0 Å². The van der Waals surface area contributed by atoms with Crippen LogP contribution < -0.4 is 29.6 Å². The molecule has 178 valence electrons. The van der Waals surface area contributed by atoms with Gasteiger partial charge in [0.1, 0.15) is 0 Å². The predicted octanol–water partition coefficient (Wildman–Crippen LogP) is 5.21. The van der Waals surface area contributed by atoms with Crippen molar-refractivity contribution in [1.29, 1.82) is 0 Å². The summed E-state index contributed by atoms with van der Waals surface area (Å²) in [6, 6.07) is 12.3. The van der Waals surface area contributed by atoms with E-state index in [2.05, 4.69) is 34.9 Å². The van der Waals surface area contributed by atoms with Gasteiger partial charge in [-0.1, -0.05) is 37.8 Å². The first-order chi connectivity index (χ1) is 14.9. The Hall–Kier alpha value is -1.86. The lowest BCUT2D eigenvalue weighted by Crippen LogP contribution is -2.15. The monoisotopic (exact) mass is 484 g/mol. The molecule has 2 aliphatic rings. The summed E-state index contributed by atoms with van der Waals surface area (Å²) >= 11 is 0. The maximum atomic E-state index is 5.42. The van der Waals surface area contributed by atoms with Gasteiger partial charge in [-0.05, 0) is 61.3 Å². The Labute approximate surface area is 203 Å². The lowest BCUT2D eigenvalue weighted by Gasteiger charge is -2.07. The maximum Gasteiger partial charge on any atom is 0.231 e. The smallest absolute Gasteiger partial charge is 0.231 e. The highest BCUT2D eigenvalue weighted by Crippen LogP contribution is 2.33. The zero-order valence-electron chi connectivity index (χ0n) is 18.4. The van der Waals surface area contributed by atoms with E-state index in [4.69, 9.17) is 18.9 Å². The molecule has 0 saturated carbocycles. The average molecular weight is 485 g/mol. The zero-order valence-corrected chi connectivity index (χ0v) is 20.0. The Kier molecular flexibility index (Phi) is 11.8. The number of ether oxygens (including phenoxy) is 4. The van der Waals surface area contributed by atoms with Crippen molar-refractivity contribution in [3.8, 4) is 23.0 Å². The third kappa shape index (κ3) is 7.93. The quantitative estimate of drug-likeness (QED) is 0.380. The third-order valence-corrected chi connectivity index (χ3v) is 5.49. The summed E-state index contributed by atoms with van der Waals surface area (Å²) in [6.07, 6.45) is 7.67. The third-order valence-electron chi connectivity index (χ3n) is 5.49. The average Bonchev–Trinajstić information content (AvgIpc) is 3.42. The number of halogens is 2.